The van der Waals surface area contributed by atoms with E-state index in [1.165, 1.54) is 58.3 Å². The fourth-order valence-corrected chi connectivity index (χ4v) is 3.54. The first kappa shape index (κ1) is 13.4. The van der Waals surface area contributed by atoms with Gasteiger partial charge in [0.25, 0.3) is 0 Å². The van der Waals surface area contributed by atoms with Crippen molar-refractivity contribution in [1.82, 2.24) is 10.2 Å². The van der Waals surface area contributed by atoms with Crippen molar-refractivity contribution < 1.29 is 0 Å². The molecule has 1 atom stereocenters. The molecule has 1 N–H and O–H groups in total. The van der Waals surface area contributed by atoms with Crippen LogP contribution in [-0.2, 0) is 0 Å². The third kappa shape index (κ3) is 3.45. The second-order valence-electron chi connectivity index (χ2n) is 6.72. The maximum atomic E-state index is 3.68. The van der Waals surface area contributed by atoms with Gasteiger partial charge in [0.05, 0.1) is 0 Å². The molecule has 0 aromatic rings. The monoisotopic (exact) mass is 238 g/mol. The predicted molar refractivity (Wildman–Crippen MR) is 74.3 cm³/mol. The highest BCUT2D eigenvalue weighted by atomic mass is 15.2. The molecule has 0 radical (unpaired) electrons. The van der Waals surface area contributed by atoms with E-state index in [9.17, 15) is 0 Å². The van der Waals surface area contributed by atoms with E-state index >= 15 is 0 Å². The molecule has 0 amide bonds. The van der Waals surface area contributed by atoms with Crippen LogP contribution in [0.5, 0.6) is 0 Å². The van der Waals surface area contributed by atoms with Crippen LogP contribution in [0.2, 0.25) is 0 Å². The summed E-state index contributed by atoms with van der Waals surface area (Å²) in [4.78, 5) is 2.73. The zero-order chi connectivity index (χ0) is 12.3. The summed E-state index contributed by atoms with van der Waals surface area (Å²) < 4.78 is 0. The average molecular weight is 238 g/mol. The molecule has 0 aromatic heterocycles. The second kappa shape index (κ2) is 5.71. The molecule has 2 fully saturated rings. The van der Waals surface area contributed by atoms with Crippen LogP contribution >= 0.6 is 0 Å². The first-order valence-electron chi connectivity index (χ1n) is 7.59. The SMILES string of the molecule is CCC1(CN2CCNC(CC(C)C)C2)CCC1. The molecule has 1 heterocycles. The third-order valence-corrected chi connectivity index (χ3v) is 4.82. The highest BCUT2D eigenvalue weighted by Gasteiger charge is 2.37. The second-order valence-corrected chi connectivity index (χ2v) is 6.72. The molecule has 2 aliphatic rings. The van der Waals surface area contributed by atoms with Crippen LogP contribution in [0.1, 0.15) is 52.9 Å². The molecule has 17 heavy (non-hydrogen) atoms. The molecule has 0 aromatic carbocycles. The van der Waals surface area contributed by atoms with Crippen LogP contribution in [0.3, 0.4) is 0 Å². The van der Waals surface area contributed by atoms with Crippen LogP contribution in [-0.4, -0.2) is 37.1 Å². The first-order chi connectivity index (χ1) is 8.13. The van der Waals surface area contributed by atoms with Gasteiger partial charge in [-0.2, -0.15) is 0 Å². The van der Waals surface area contributed by atoms with E-state index in [0.29, 0.717) is 5.41 Å². The number of rotatable bonds is 5. The van der Waals surface area contributed by atoms with Crippen molar-refractivity contribution in [2.45, 2.75) is 58.9 Å². The number of nitrogens with one attached hydrogen (secondary N) is 1. The standard InChI is InChI=1S/C15H30N2/c1-4-15(6-5-7-15)12-17-9-8-16-14(11-17)10-13(2)3/h13-14,16H,4-12H2,1-3H3. The minimum atomic E-state index is 0.694. The van der Waals surface area contributed by atoms with Gasteiger partial charge in [-0.15, -0.1) is 0 Å². The average Bonchev–Trinajstić information content (AvgIpc) is 2.23. The van der Waals surface area contributed by atoms with Gasteiger partial charge >= 0.3 is 0 Å². The zero-order valence-electron chi connectivity index (χ0n) is 12.0. The van der Waals surface area contributed by atoms with Crippen LogP contribution in [0.15, 0.2) is 0 Å². The van der Waals surface area contributed by atoms with Gasteiger partial charge in [-0.1, -0.05) is 27.2 Å². The lowest BCUT2D eigenvalue weighted by Gasteiger charge is -2.47. The van der Waals surface area contributed by atoms with Crippen LogP contribution in [0, 0.1) is 11.3 Å². The summed E-state index contributed by atoms with van der Waals surface area (Å²) in [5, 5.41) is 3.68. The molecule has 1 aliphatic carbocycles. The minimum absolute atomic E-state index is 0.694. The summed E-state index contributed by atoms with van der Waals surface area (Å²) in [5.74, 6) is 0.816. The van der Waals surface area contributed by atoms with E-state index in [1.807, 2.05) is 0 Å². The maximum Gasteiger partial charge on any atom is 0.0198 e. The molecule has 2 heteroatoms. The molecule has 0 bridgehead atoms. The van der Waals surface area contributed by atoms with Gasteiger partial charge < -0.3 is 5.32 Å². The van der Waals surface area contributed by atoms with Crippen molar-refractivity contribution in [3.8, 4) is 0 Å². The number of piperazine rings is 1. The predicted octanol–water partition coefficient (Wildman–Crippen LogP) is 2.89. The lowest BCUT2D eigenvalue weighted by molar-refractivity contribution is 0.0463. The number of hydrogen-bond donors (Lipinski definition) is 1. The molecule has 1 aliphatic heterocycles. The quantitative estimate of drug-likeness (QED) is 0.792. The normalized spacial score (nSPS) is 29.3. The molecule has 2 rings (SSSR count). The van der Waals surface area contributed by atoms with Crippen LogP contribution in [0.4, 0.5) is 0 Å². The van der Waals surface area contributed by atoms with Gasteiger partial charge in [0, 0.05) is 32.2 Å². The molecule has 1 saturated carbocycles. The Kier molecular flexibility index (Phi) is 4.48. The molecular weight excluding hydrogens is 208 g/mol. The summed E-state index contributed by atoms with van der Waals surface area (Å²) in [6.45, 7) is 12.1. The highest BCUT2D eigenvalue weighted by molar-refractivity contribution is 4.91. The van der Waals surface area contributed by atoms with E-state index in [-0.39, 0.29) is 0 Å². The highest BCUT2D eigenvalue weighted by Crippen LogP contribution is 2.44. The number of nitrogens with zero attached hydrogens (tertiary/aromatic N) is 1. The Morgan fingerprint density at radius 2 is 2.12 bits per heavy atom. The number of hydrogen-bond acceptors (Lipinski definition) is 2. The lowest BCUT2D eigenvalue weighted by Crippen LogP contribution is -2.54. The van der Waals surface area contributed by atoms with Crippen molar-refractivity contribution in [2.24, 2.45) is 11.3 Å². The molecule has 1 saturated heterocycles. The van der Waals surface area contributed by atoms with Gasteiger partial charge in [-0.05, 0) is 37.0 Å². The van der Waals surface area contributed by atoms with Crippen molar-refractivity contribution >= 4 is 0 Å². The third-order valence-electron chi connectivity index (χ3n) is 4.82. The van der Waals surface area contributed by atoms with E-state index in [4.69, 9.17) is 0 Å². The molecule has 100 valence electrons. The Balaban J connectivity index is 1.80. The van der Waals surface area contributed by atoms with E-state index in [1.54, 1.807) is 0 Å². The maximum absolute atomic E-state index is 3.68. The topological polar surface area (TPSA) is 15.3 Å². The summed E-state index contributed by atoms with van der Waals surface area (Å²) in [6.07, 6.45) is 7.13. The Morgan fingerprint density at radius 3 is 2.65 bits per heavy atom. The van der Waals surface area contributed by atoms with Crippen LogP contribution in [0.25, 0.3) is 0 Å². The smallest absolute Gasteiger partial charge is 0.0198 e. The van der Waals surface area contributed by atoms with Gasteiger partial charge in [0.2, 0.25) is 0 Å². The van der Waals surface area contributed by atoms with Crippen molar-refractivity contribution in [1.29, 1.82) is 0 Å². The van der Waals surface area contributed by atoms with Crippen molar-refractivity contribution in [3.05, 3.63) is 0 Å². The summed E-state index contributed by atoms with van der Waals surface area (Å²) in [5.41, 5.74) is 0.694. The lowest BCUT2D eigenvalue weighted by atomic mass is 9.66. The van der Waals surface area contributed by atoms with Crippen molar-refractivity contribution in [3.63, 3.8) is 0 Å². The molecule has 2 nitrogen and oxygen atoms in total. The summed E-state index contributed by atoms with van der Waals surface area (Å²) >= 11 is 0. The van der Waals surface area contributed by atoms with Gasteiger partial charge in [0.1, 0.15) is 0 Å². The Hall–Kier alpha value is -0.0800. The first-order valence-corrected chi connectivity index (χ1v) is 7.59. The molecule has 0 spiro atoms. The Bertz CT molecular complexity index is 228. The van der Waals surface area contributed by atoms with Crippen LogP contribution < -0.4 is 5.32 Å². The molecular formula is C15H30N2. The Morgan fingerprint density at radius 1 is 1.35 bits per heavy atom. The fraction of sp³-hybridized carbons (Fsp3) is 1.00. The van der Waals surface area contributed by atoms with Gasteiger partial charge in [0.15, 0.2) is 0 Å². The minimum Gasteiger partial charge on any atom is -0.311 e. The van der Waals surface area contributed by atoms with Gasteiger partial charge in [-0.3, -0.25) is 4.90 Å². The largest absolute Gasteiger partial charge is 0.311 e. The van der Waals surface area contributed by atoms with Gasteiger partial charge in [-0.25, -0.2) is 0 Å². The summed E-state index contributed by atoms with van der Waals surface area (Å²) in [6, 6.07) is 0.734. The van der Waals surface area contributed by atoms with E-state index in [0.717, 1.165) is 12.0 Å². The van der Waals surface area contributed by atoms with E-state index in [2.05, 4.69) is 31.0 Å². The molecule has 1 unspecified atom stereocenters. The van der Waals surface area contributed by atoms with Crippen molar-refractivity contribution in [2.75, 3.05) is 26.2 Å². The zero-order valence-corrected chi connectivity index (χ0v) is 12.0. The fourth-order valence-electron chi connectivity index (χ4n) is 3.54. The Labute approximate surface area is 107 Å². The van der Waals surface area contributed by atoms with E-state index < -0.39 is 0 Å². The summed E-state index contributed by atoms with van der Waals surface area (Å²) in [7, 11) is 0.